The lowest BCUT2D eigenvalue weighted by Gasteiger charge is -2.08. The van der Waals surface area contributed by atoms with Gasteiger partial charge in [-0.05, 0) is 49.4 Å². The van der Waals surface area contributed by atoms with E-state index >= 15 is 0 Å². The fourth-order valence-electron chi connectivity index (χ4n) is 2.22. The highest BCUT2D eigenvalue weighted by Crippen LogP contribution is 2.12. The molecule has 6 nitrogen and oxygen atoms in total. The van der Waals surface area contributed by atoms with Crippen molar-refractivity contribution in [3.05, 3.63) is 64.1 Å². The Bertz CT molecular complexity index is 791. The average molecular weight is 418 g/mol. The van der Waals surface area contributed by atoms with E-state index in [0.717, 1.165) is 4.47 Å². The normalized spacial score (nSPS) is 10.1. The summed E-state index contributed by atoms with van der Waals surface area (Å²) in [5, 5.41) is 8.13. The van der Waals surface area contributed by atoms with Gasteiger partial charge in [0.05, 0.1) is 0 Å². The molecule has 0 radical (unpaired) electrons. The first kappa shape index (κ1) is 19.7. The molecule has 0 aliphatic heterocycles. The molecule has 136 valence electrons. The molecule has 0 bridgehead atoms. The fraction of sp³-hybridized carbons (Fsp3) is 0.211. The van der Waals surface area contributed by atoms with Crippen molar-refractivity contribution in [2.75, 3.05) is 18.4 Å². The Kier molecular flexibility index (Phi) is 7.35. The van der Waals surface area contributed by atoms with E-state index in [2.05, 4.69) is 31.9 Å². The molecule has 2 rings (SSSR count). The van der Waals surface area contributed by atoms with Crippen LogP contribution in [-0.2, 0) is 4.79 Å². The minimum Gasteiger partial charge on any atom is -0.352 e. The highest BCUT2D eigenvalue weighted by Gasteiger charge is 2.09. The topological polar surface area (TPSA) is 87.3 Å². The molecule has 0 spiro atoms. The summed E-state index contributed by atoms with van der Waals surface area (Å²) >= 11 is 3.31. The van der Waals surface area contributed by atoms with E-state index in [9.17, 15) is 14.4 Å². The summed E-state index contributed by atoms with van der Waals surface area (Å²) in [6.07, 6.45) is 0.133. The van der Waals surface area contributed by atoms with Crippen LogP contribution in [0.15, 0.2) is 53.0 Å². The molecule has 0 heterocycles. The van der Waals surface area contributed by atoms with E-state index in [1.165, 1.54) is 0 Å². The van der Waals surface area contributed by atoms with Crippen LogP contribution in [0.25, 0.3) is 0 Å². The van der Waals surface area contributed by atoms with Crippen molar-refractivity contribution in [1.82, 2.24) is 10.6 Å². The Morgan fingerprint density at radius 2 is 1.62 bits per heavy atom. The first-order valence-corrected chi connectivity index (χ1v) is 9.00. The van der Waals surface area contributed by atoms with E-state index in [4.69, 9.17) is 0 Å². The number of rotatable bonds is 7. The number of amides is 3. The number of benzene rings is 2. The number of carbonyl (C=O) groups excluding carboxylic acids is 3. The lowest BCUT2D eigenvalue weighted by atomic mass is 10.2. The van der Waals surface area contributed by atoms with Crippen molar-refractivity contribution >= 4 is 39.3 Å². The molecule has 0 saturated heterocycles. The lowest BCUT2D eigenvalue weighted by molar-refractivity contribution is -0.116. The van der Waals surface area contributed by atoms with Crippen molar-refractivity contribution in [3.63, 3.8) is 0 Å². The summed E-state index contributed by atoms with van der Waals surface area (Å²) in [4.78, 5) is 35.8. The van der Waals surface area contributed by atoms with Crippen LogP contribution in [0.1, 0.15) is 34.1 Å². The molecule has 0 aromatic heterocycles. The third-order valence-corrected chi connectivity index (χ3v) is 4.02. The van der Waals surface area contributed by atoms with Crippen LogP contribution < -0.4 is 16.0 Å². The van der Waals surface area contributed by atoms with E-state index in [0.29, 0.717) is 23.4 Å². The quantitative estimate of drug-likeness (QED) is 0.646. The predicted octanol–water partition coefficient (Wildman–Crippen LogP) is 2.96. The first-order valence-electron chi connectivity index (χ1n) is 8.21. The molecule has 0 fully saturated rings. The largest absolute Gasteiger partial charge is 0.352 e. The highest BCUT2D eigenvalue weighted by atomic mass is 79.9. The number of carbonyl (C=O) groups is 3. The fourth-order valence-corrected chi connectivity index (χ4v) is 2.48. The second kappa shape index (κ2) is 9.72. The van der Waals surface area contributed by atoms with Gasteiger partial charge in [0.25, 0.3) is 11.8 Å². The molecule has 3 amide bonds. The van der Waals surface area contributed by atoms with Gasteiger partial charge in [0.2, 0.25) is 5.91 Å². The number of halogens is 1. The first-order chi connectivity index (χ1) is 12.5. The third kappa shape index (κ3) is 6.00. The zero-order valence-electron chi connectivity index (χ0n) is 14.3. The Hall–Kier alpha value is -2.67. The summed E-state index contributed by atoms with van der Waals surface area (Å²) in [5.41, 5.74) is 1.55. The van der Waals surface area contributed by atoms with Crippen molar-refractivity contribution < 1.29 is 14.4 Å². The third-order valence-electron chi connectivity index (χ3n) is 3.49. The van der Waals surface area contributed by atoms with Crippen LogP contribution in [0.2, 0.25) is 0 Å². The maximum atomic E-state index is 12.0. The second-order valence-electron chi connectivity index (χ2n) is 5.50. The summed E-state index contributed by atoms with van der Waals surface area (Å²) in [6, 6.07) is 13.7. The van der Waals surface area contributed by atoms with Crippen molar-refractivity contribution in [2.45, 2.75) is 13.3 Å². The maximum Gasteiger partial charge on any atom is 0.251 e. The maximum absolute atomic E-state index is 12.0. The van der Waals surface area contributed by atoms with Gasteiger partial charge in [0.1, 0.15) is 0 Å². The van der Waals surface area contributed by atoms with Gasteiger partial charge in [-0.1, -0.05) is 22.0 Å². The summed E-state index contributed by atoms with van der Waals surface area (Å²) < 4.78 is 0.892. The van der Waals surface area contributed by atoms with Gasteiger partial charge in [-0.2, -0.15) is 0 Å². The zero-order chi connectivity index (χ0) is 18.9. The highest BCUT2D eigenvalue weighted by molar-refractivity contribution is 9.10. The van der Waals surface area contributed by atoms with Gasteiger partial charge in [0.15, 0.2) is 0 Å². The molecule has 0 saturated carbocycles. The molecular weight excluding hydrogens is 398 g/mol. The summed E-state index contributed by atoms with van der Waals surface area (Å²) in [7, 11) is 0. The molecule has 2 aromatic carbocycles. The van der Waals surface area contributed by atoms with Gasteiger partial charge in [-0.25, -0.2) is 0 Å². The Balaban J connectivity index is 1.81. The van der Waals surface area contributed by atoms with Crippen molar-refractivity contribution in [2.24, 2.45) is 0 Å². The molecule has 26 heavy (non-hydrogen) atoms. The minimum atomic E-state index is -0.242. The SMILES string of the molecule is CCNC(=O)c1cccc(NC(=O)CCNC(=O)c2ccc(Br)cc2)c1. The predicted molar refractivity (Wildman–Crippen MR) is 104 cm³/mol. The second-order valence-corrected chi connectivity index (χ2v) is 6.42. The molecule has 0 aliphatic carbocycles. The van der Waals surface area contributed by atoms with Gasteiger partial charge < -0.3 is 16.0 Å². The molecular formula is C19H20BrN3O3. The van der Waals surface area contributed by atoms with Crippen LogP contribution in [0.3, 0.4) is 0 Å². The van der Waals surface area contributed by atoms with Gasteiger partial charge in [-0.3, -0.25) is 14.4 Å². The van der Waals surface area contributed by atoms with E-state index in [-0.39, 0.29) is 30.7 Å². The zero-order valence-corrected chi connectivity index (χ0v) is 15.9. The Morgan fingerprint density at radius 1 is 0.923 bits per heavy atom. The molecule has 0 unspecified atom stereocenters. The van der Waals surface area contributed by atoms with Gasteiger partial charge in [0, 0.05) is 40.8 Å². The minimum absolute atomic E-state index is 0.133. The van der Waals surface area contributed by atoms with Crippen LogP contribution in [0.5, 0.6) is 0 Å². The van der Waals surface area contributed by atoms with Crippen LogP contribution >= 0.6 is 15.9 Å². The van der Waals surface area contributed by atoms with Crippen LogP contribution in [0.4, 0.5) is 5.69 Å². The number of hydrogen-bond donors (Lipinski definition) is 3. The van der Waals surface area contributed by atoms with Crippen LogP contribution in [0, 0.1) is 0 Å². The Morgan fingerprint density at radius 3 is 2.31 bits per heavy atom. The average Bonchev–Trinajstić information content (AvgIpc) is 2.62. The van der Waals surface area contributed by atoms with E-state index < -0.39 is 0 Å². The van der Waals surface area contributed by atoms with E-state index in [1.807, 2.05) is 6.92 Å². The van der Waals surface area contributed by atoms with Crippen LogP contribution in [-0.4, -0.2) is 30.8 Å². The lowest BCUT2D eigenvalue weighted by Crippen LogP contribution is -2.27. The monoisotopic (exact) mass is 417 g/mol. The van der Waals surface area contributed by atoms with Crippen molar-refractivity contribution in [3.8, 4) is 0 Å². The van der Waals surface area contributed by atoms with E-state index in [1.54, 1.807) is 48.5 Å². The summed E-state index contributed by atoms with van der Waals surface area (Å²) in [6.45, 7) is 2.59. The number of anilines is 1. The molecule has 7 heteroatoms. The van der Waals surface area contributed by atoms with Gasteiger partial charge >= 0.3 is 0 Å². The summed E-state index contributed by atoms with van der Waals surface area (Å²) in [5.74, 6) is -0.664. The number of nitrogens with one attached hydrogen (secondary N) is 3. The molecule has 3 N–H and O–H groups in total. The molecule has 2 aromatic rings. The standard InChI is InChI=1S/C19H20BrN3O3/c1-2-21-19(26)14-4-3-5-16(12-14)23-17(24)10-11-22-18(25)13-6-8-15(20)9-7-13/h3-9,12H,2,10-11H2,1H3,(H,21,26)(H,22,25)(H,23,24). The molecule has 0 aliphatic rings. The van der Waals surface area contributed by atoms with Crippen molar-refractivity contribution in [1.29, 1.82) is 0 Å². The van der Waals surface area contributed by atoms with Gasteiger partial charge in [-0.15, -0.1) is 0 Å². The smallest absolute Gasteiger partial charge is 0.251 e. The molecule has 0 atom stereocenters. The Labute approximate surface area is 160 Å². The number of hydrogen-bond acceptors (Lipinski definition) is 3.